The van der Waals surface area contributed by atoms with Crippen molar-refractivity contribution in [2.75, 3.05) is 20.1 Å². The van der Waals surface area contributed by atoms with Crippen molar-refractivity contribution in [1.82, 2.24) is 0 Å². The van der Waals surface area contributed by atoms with Crippen molar-refractivity contribution in [2.45, 2.75) is 45.1 Å². The number of aliphatic imine (C=N–C) groups is 1. The molecule has 1 aromatic rings. The van der Waals surface area contributed by atoms with E-state index in [0.717, 1.165) is 42.9 Å². The number of hydrogen-bond acceptors (Lipinski definition) is 3. The molecule has 0 N–H and O–H groups in total. The minimum Gasteiger partial charge on any atom is -0.493 e. The minimum absolute atomic E-state index is 0.0666. The van der Waals surface area contributed by atoms with Crippen LogP contribution in [-0.2, 0) is 6.42 Å². The monoisotopic (exact) mass is 309 g/mol. The van der Waals surface area contributed by atoms with Gasteiger partial charge in [0.25, 0.3) is 0 Å². The van der Waals surface area contributed by atoms with Gasteiger partial charge in [-0.05, 0) is 57.2 Å². The number of halogens is 1. The lowest BCUT2D eigenvalue weighted by molar-refractivity contribution is 0.353. The standard InChI is InChI=1S/C17H24ClNO2/c1-17(2)11-12-9-15(20-3)16(21-4)10-13(12)14(19-17)7-5-6-8-18/h9-10H,5-8,11H2,1-4H3. The Hall–Kier alpha value is -1.22. The van der Waals surface area contributed by atoms with Crippen LogP contribution in [0.25, 0.3) is 0 Å². The first-order valence-electron chi connectivity index (χ1n) is 7.40. The molecule has 0 aromatic heterocycles. The summed E-state index contributed by atoms with van der Waals surface area (Å²) in [5.41, 5.74) is 3.57. The summed E-state index contributed by atoms with van der Waals surface area (Å²) in [5.74, 6) is 2.25. The maximum absolute atomic E-state index is 5.79. The third-order valence-electron chi connectivity index (χ3n) is 3.78. The van der Waals surface area contributed by atoms with Crippen LogP contribution in [0.15, 0.2) is 17.1 Å². The van der Waals surface area contributed by atoms with Gasteiger partial charge in [-0.3, -0.25) is 4.99 Å². The summed E-state index contributed by atoms with van der Waals surface area (Å²) < 4.78 is 10.8. The van der Waals surface area contributed by atoms with Gasteiger partial charge in [0.2, 0.25) is 0 Å². The molecule has 0 aliphatic carbocycles. The number of unbranched alkanes of at least 4 members (excludes halogenated alkanes) is 1. The van der Waals surface area contributed by atoms with Gasteiger partial charge in [-0.2, -0.15) is 0 Å². The van der Waals surface area contributed by atoms with Crippen LogP contribution in [0.3, 0.4) is 0 Å². The highest BCUT2D eigenvalue weighted by Crippen LogP contribution is 2.36. The molecule has 0 bridgehead atoms. The number of alkyl halides is 1. The van der Waals surface area contributed by atoms with Crippen LogP contribution < -0.4 is 9.47 Å². The molecule has 116 valence electrons. The average Bonchev–Trinajstić information content (AvgIpc) is 2.45. The second-order valence-electron chi connectivity index (χ2n) is 6.06. The van der Waals surface area contributed by atoms with E-state index >= 15 is 0 Å². The first-order chi connectivity index (χ1) is 10.0. The van der Waals surface area contributed by atoms with Crippen molar-refractivity contribution >= 4 is 17.3 Å². The number of methoxy groups -OCH3 is 2. The maximum atomic E-state index is 5.79. The van der Waals surface area contributed by atoms with Crippen LogP contribution in [-0.4, -0.2) is 31.4 Å². The Bertz CT molecular complexity index is 538. The lowest BCUT2D eigenvalue weighted by Gasteiger charge is -2.30. The van der Waals surface area contributed by atoms with E-state index in [4.69, 9.17) is 26.1 Å². The first-order valence-corrected chi connectivity index (χ1v) is 7.94. The Labute approximate surface area is 132 Å². The van der Waals surface area contributed by atoms with Crippen LogP contribution in [0.2, 0.25) is 0 Å². The fourth-order valence-electron chi connectivity index (χ4n) is 2.84. The van der Waals surface area contributed by atoms with E-state index in [1.54, 1.807) is 14.2 Å². The fourth-order valence-corrected chi connectivity index (χ4v) is 3.03. The molecule has 1 aromatic carbocycles. The van der Waals surface area contributed by atoms with Crippen LogP contribution in [0.5, 0.6) is 11.5 Å². The summed E-state index contributed by atoms with van der Waals surface area (Å²) in [7, 11) is 3.34. The molecule has 1 heterocycles. The Balaban J connectivity index is 2.40. The Morgan fingerprint density at radius 1 is 1.14 bits per heavy atom. The highest BCUT2D eigenvalue weighted by molar-refractivity contribution is 6.17. The van der Waals surface area contributed by atoms with E-state index in [0.29, 0.717) is 5.88 Å². The largest absolute Gasteiger partial charge is 0.493 e. The molecule has 0 saturated heterocycles. The van der Waals surface area contributed by atoms with E-state index in [1.165, 1.54) is 11.1 Å². The van der Waals surface area contributed by atoms with Gasteiger partial charge < -0.3 is 9.47 Å². The zero-order valence-electron chi connectivity index (χ0n) is 13.3. The zero-order valence-corrected chi connectivity index (χ0v) is 14.1. The number of fused-ring (bicyclic) bond motifs is 1. The van der Waals surface area contributed by atoms with Crippen LogP contribution in [0.4, 0.5) is 0 Å². The molecular formula is C17H24ClNO2. The topological polar surface area (TPSA) is 30.8 Å². The smallest absolute Gasteiger partial charge is 0.161 e. The maximum Gasteiger partial charge on any atom is 0.161 e. The van der Waals surface area contributed by atoms with Gasteiger partial charge in [-0.1, -0.05) is 0 Å². The third kappa shape index (κ3) is 3.70. The van der Waals surface area contributed by atoms with E-state index in [9.17, 15) is 0 Å². The third-order valence-corrected chi connectivity index (χ3v) is 4.05. The second kappa shape index (κ2) is 6.69. The SMILES string of the molecule is COc1cc2c(cc1OC)C(CCCCCl)=NC(C)(C)C2. The predicted molar refractivity (Wildman–Crippen MR) is 88.4 cm³/mol. The number of rotatable bonds is 6. The molecule has 0 saturated carbocycles. The van der Waals surface area contributed by atoms with Gasteiger partial charge in [0.15, 0.2) is 11.5 Å². The first kappa shape index (κ1) is 16.2. The van der Waals surface area contributed by atoms with Crippen molar-refractivity contribution in [3.8, 4) is 11.5 Å². The number of nitrogens with zero attached hydrogens (tertiary/aromatic N) is 1. The van der Waals surface area contributed by atoms with Crippen molar-refractivity contribution in [3.05, 3.63) is 23.3 Å². The zero-order chi connectivity index (χ0) is 15.5. The van der Waals surface area contributed by atoms with Crippen LogP contribution in [0, 0.1) is 0 Å². The van der Waals surface area contributed by atoms with Gasteiger partial charge in [-0.15, -0.1) is 11.6 Å². The molecule has 1 aliphatic rings. The molecular weight excluding hydrogens is 286 g/mol. The molecule has 3 nitrogen and oxygen atoms in total. The number of benzene rings is 1. The van der Waals surface area contributed by atoms with Crippen molar-refractivity contribution in [1.29, 1.82) is 0 Å². The van der Waals surface area contributed by atoms with Gasteiger partial charge in [0.1, 0.15) is 0 Å². The molecule has 21 heavy (non-hydrogen) atoms. The molecule has 0 spiro atoms. The molecule has 0 unspecified atom stereocenters. The predicted octanol–water partition coefficient (Wildman–Crippen LogP) is 4.24. The highest BCUT2D eigenvalue weighted by Gasteiger charge is 2.28. The molecule has 0 amide bonds. The van der Waals surface area contributed by atoms with Gasteiger partial charge in [0.05, 0.1) is 19.8 Å². The van der Waals surface area contributed by atoms with Crippen LogP contribution >= 0.6 is 11.6 Å². The Morgan fingerprint density at radius 3 is 2.43 bits per heavy atom. The molecule has 0 atom stereocenters. The van der Waals surface area contributed by atoms with E-state index < -0.39 is 0 Å². The summed E-state index contributed by atoms with van der Waals surface area (Å²) in [5, 5.41) is 0. The minimum atomic E-state index is -0.0666. The van der Waals surface area contributed by atoms with Crippen LogP contribution in [0.1, 0.15) is 44.2 Å². The molecule has 0 radical (unpaired) electrons. The normalized spacial score (nSPS) is 16.1. The summed E-state index contributed by atoms with van der Waals surface area (Å²) >= 11 is 5.79. The van der Waals surface area contributed by atoms with Crippen molar-refractivity contribution in [3.63, 3.8) is 0 Å². The molecule has 0 fully saturated rings. The summed E-state index contributed by atoms with van der Waals surface area (Å²) in [6.07, 6.45) is 3.95. The lowest BCUT2D eigenvalue weighted by Crippen LogP contribution is -2.29. The van der Waals surface area contributed by atoms with Crippen molar-refractivity contribution < 1.29 is 9.47 Å². The van der Waals surface area contributed by atoms with Gasteiger partial charge >= 0.3 is 0 Å². The summed E-state index contributed by atoms with van der Waals surface area (Å²) in [6, 6.07) is 4.15. The quantitative estimate of drug-likeness (QED) is 0.581. The lowest BCUT2D eigenvalue weighted by atomic mass is 9.85. The van der Waals surface area contributed by atoms with Crippen molar-refractivity contribution in [2.24, 2.45) is 4.99 Å². The summed E-state index contributed by atoms with van der Waals surface area (Å²) in [4.78, 5) is 4.94. The molecule has 2 rings (SSSR count). The van der Waals surface area contributed by atoms with E-state index in [2.05, 4.69) is 26.0 Å². The highest BCUT2D eigenvalue weighted by atomic mass is 35.5. The molecule has 1 aliphatic heterocycles. The van der Waals surface area contributed by atoms with E-state index in [-0.39, 0.29) is 5.54 Å². The second-order valence-corrected chi connectivity index (χ2v) is 6.44. The van der Waals surface area contributed by atoms with E-state index in [1.807, 2.05) is 0 Å². The average molecular weight is 310 g/mol. The van der Waals surface area contributed by atoms with Gasteiger partial charge in [0, 0.05) is 17.2 Å². The summed E-state index contributed by atoms with van der Waals surface area (Å²) in [6.45, 7) is 4.35. The number of hydrogen-bond donors (Lipinski definition) is 0. The van der Waals surface area contributed by atoms with Gasteiger partial charge in [-0.25, -0.2) is 0 Å². The fraction of sp³-hybridized carbons (Fsp3) is 0.588. The number of ether oxygens (including phenoxy) is 2. The Kier molecular flexibility index (Phi) is 5.15. The molecule has 4 heteroatoms. The Morgan fingerprint density at radius 2 is 1.81 bits per heavy atom.